The Labute approximate surface area is 160 Å². The van der Waals surface area contributed by atoms with Crippen LogP contribution in [0.3, 0.4) is 0 Å². The first-order chi connectivity index (χ1) is 12.6. The molecule has 0 aromatic heterocycles. The van der Waals surface area contributed by atoms with Gasteiger partial charge in [-0.05, 0) is 37.7 Å². The van der Waals surface area contributed by atoms with Crippen molar-refractivity contribution in [3.05, 3.63) is 23.8 Å². The molecule has 0 N–H and O–H groups in total. The molecule has 3 rings (SSSR count). The summed E-state index contributed by atoms with van der Waals surface area (Å²) in [6.07, 6.45) is 1.01. The minimum Gasteiger partial charge on any atom is -0.497 e. The Morgan fingerprint density at radius 1 is 1.04 bits per heavy atom. The molecule has 2 aliphatic rings. The summed E-state index contributed by atoms with van der Waals surface area (Å²) in [5.74, 6) is 2.28. The van der Waals surface area contributed by atoms with Crippen LogP contribution in [0.2, 0.25) is 0 Å². The normalized spacial score (nSPS) is 22.0. The van der Waals surface area contributed by atoms with Crippen molar-refractivity contribution in [2.24, 2.45) is 0 Å². The number of hydrogen-bond acceptors (Lipinski definition) is 6. The summed E-state index contributed by atoms with van der Waals surface area (Å²) < 4.78 is 10.8. The first kappa shape index (κ1) is 19.3. The molecule has 7 heteroatoms. The van der Waals surface area contributed by atoms with E-state index in [2.05, 4.69) is 16.8 Å². The molecule has 144 valence electrons. The third-order valence-corrected chi connectivity index (χ3v) is 6.35. The van der Waals surface area contributed by atoms with Crippen molar-refractivity contribution < 1.29 is 14.3 Å². The number of rotatable bonds is 7. The fraction of sp³-hybridized carbons (Fsp3) is 0.632. The van der Waals surface area contributed by atoms with Crippen molar-refractivity contribution in [3.8, 4) is 11.5 Å². The number of amides is 1. The maximum Gasteiger partial charge on any atom is 0.233 e. The molecule has 2 heterocycles. The van der Waals surface area contributed by atoms with E-state index in [9.17, 15) is 4.79 Å². The molecule has 26 heavy (non-hydrogen) atoms. The van der Waals surface area contributed by atoms with Gasteiger partial charge in [-0.3, -0.25) is 4.79 Å². The van der Waals surface area contributed by atoms with Crippen LogP contribution >= 0.6 is 11.8 Å². The van der Waals surface area contributed by atoms with E-state index in [1.54, 1.807) is 26.0 Å². The van der Waals surface area contributed by atoms with Gasteiger partial charge in [-0.25, -0.2) is 0 Å². The molecule has 2 aliphatic heterocycles. The molecule has 6 nitrogen and oxygen atoms in total. The highest BCUT2D eigenvalue weighted by atomic mass is 32.2. The lowest BCUT2D eigenvalue weighted by molar-refractivity contribution is -0.128. The summed E-state index contributed by atoms with van der Waals surface area (Å²) in [7, 11) is 5.48. The smallest absolute Gasteiger partial charge is 0.233 e. The van der Waals surface area contributed by atoms with Gasteiger partial charge in [0.15, 0.2) is 0 Å². The summed E-state index contributed by atoms with van der Waals surface area (Å²) in [4.78, 5) is 19.3. The standard InChI is InChI=1S/C19H29N3O3S/c1-20-7-9-21(10-8-20)5-4-6-22-18(23)14-26-19(22)15-11-16(24-2)13-17(12-15)25-3/h11-13,19H,4-10,14H2,1-3H3. The lowest BCUT2D eigenvalue weighted by atomic mass is 10.1. The molecule has 0 bridgehead atoms. The van der Waals surface area contributed by atoms with Crippen LogP contribution in [0.4, 0.5) is 0 Å². The Bertz CT molecular complexity index is 598. The van der Waals surface area contributed by atoms with Crippen molar-refractivity contribution in [2.75, 3.05) is 66.3 Å². The van der Waals surface area contributed by atoms with Gasteiger partial charge in [-0.2, -0.15) is 0 Å². The van der Waals surface area contributed by atoms with Crippen molar-refractivity contribution in [3.63, 3.8) is 0 Å². The molecule has 1 unspecified atom stereocenters. The van der Waals surface area contributed by atoms with Gasteiger partial charge in [-0.1, -0.05) is 0 Å². The van der Waals surface area contributed by atoms with E-state index in [0.717, 1.165) is 62.8 Å². The maximum atomic E-state index is 12.4. The van der Waals surface area contributed by atoms with Crippen LogP contribution in [-0.4, -0.2) is 86.9 Å². The van der Waals surface area contributed by atoms with Crippen LogP contribution in [0.15, 0.2) is 18.2 Å². The molecule has 1 aromatic carbocycles. The first-order valence-electron chi connectivity index (χ1n) is 9.15. The van der Waals surface area contributed by atoms with Crippen molar-refractivity contribution in [1.82, 2.24) is 14.7 Å². The van der Waals surface area contributed by atoms with Crippen LogP contribution in [0, 0.1) is 0 Å². The predicted octanol–water partition coefficient (Wildman–Crippen LogP) is 1.92. The van der Waals surface area contributed by atoms with Crippen LogP contribution in [-0.2, 0) is 4.79 Å². The molecule has 1 atom stereocenters. The highest BCUT2D eigenvalue weighted by Crippen LogP contribution is 2.41. The number of hydrogen-bond donors (Lipinski definition) is 0. The quantitative estimate of drug-likeness (QED) is 0.721. The van der Waals surface area contributed by atoms with Gasteiger partial charge in [0.2, 0.25) is 5.91 Å². The third-order valence-electron chi connectivity index (χ3n) is 5.10. The highest BCUT2D eigenvalue weighted by Gasteiger charge is 2.33. The zero-order chi connectivity index (χ0) is 18.5. The SMILES string of the molecule is COc1cc(OC)cc(C2SCC(=O)N2CCCN2CCN(C)CC2)c1. The summed E-state index contributed by atoms with van der Waals surface area (Å²) >= 11 is 1.68. The second-order valence-corrected chi connectivity index (χ2v) is 7.96. The van der Waals surface area contributed by atoms with E-state index in [1.807, 2.05) is 23.1 Å². The molecule has 0 radical (unpaired) electrons. The third kappa shape index (κ3) is 4.64. The fourth-order valence-electron chi connectivity index (χ4n) is 3.48. The first-order valence-corrected chi connectivity index (χ1v) is 10.2. The number of likely N-dealkylation sites (N-methyl/N-ethyl adjacent to an activating group) is 1. The Kier molecular flexibility index (Phi) is 6.67. The number of ether oxygens (including phenoxy) is 2. The van der Waals surface area contributed by atoms with E-state index in [-0.39, 0.29) is 11.3 Å². The van der Waals surface area contributed by atoms with Gasteiger partial charge in [0.25, 0.3) is 0 Å². The molecule has 1 amide bonds. The van der Waals surface area contributed by atoms with Gasteiger partial charge in [-0.15, -0.1) is 11.8 Å². The topological polar surface area (TPSA) is 45.3 Å². The summed E-state index contributed by atoms with van der Waals surface area (Å²) in [6.45, 7) is 6.35. The average molecular weight is 380 g/mol. The van der Waals surface area contributed by atoms with Gasteiger partial charge < -0.3 is 24.2 Å². The Balaban J connectivity index is 1.61. The van der Waals surface area contributed by atoms with Crippen molar-refractivity contribution in [1.29, 1.82) is 0 Å². The molecule has 2 fully saturated rings. The number of carbonyl (C=O) groups excluding carboxylic acids is 1. The number of carbonyl (C=O) groups is 1. The monoisotopic (exact) mass is 379 g/mol. The van der Waals surface area contributed by atoms with E-state index in [0.29, 0.717) is 5.75 Å². The van der Waals surface area contributed by atoms with E-state index >= 15 is 0 Å². The summed E-state index contributed by atoms with van der Waals surface area (Å²) in [5.41, 5.74) is 1.07. The van der Waals surface area contributed by atoms with Gasteiger partial charge in [0.1, 0.15) is 16.9 Å². The molecular formula is C19H29N3O3S. The van der Waals surface area contributed by atoms with E-state index in [4.69, 9.17) is 9.47 Å². The van der Waals surface area contributed by atoms with Crippen molar-refractivity contribution in [2.45, 2.75) is 11.8 Å². The summed E-state index contributed by atoms with van der Waals surface area (Å²) in [6, 6.07) is 5.88. The van der Waals surface area contributed by atoms with Crippen LogP contribution in [0.1, 0.15) is 17.4 Å². The lowest BCUT2D eigenvalue weighted by Gasteiger charge is -2.33. The molecule has 0 aliphatic carbocycles. The average Bonchev–Trinajstić information content (AvgIpc) is 3.03. The van der Waals surface area contributed by atoms with Gasteiger partial charge in [0.05, 0.1) is 20.0 Å². The fourth-order valence-corrected chi connectivity index (χ4v) is 4.68. The Morgan fingerprint density at radius 2 is 1.69 bits per heavy atom. The second-order valence-electron chi connectivity index (χ2n) is 6.89. The molecule has 2 saturated heterocycles. The predicted molar refractivity (Wildman–Crippen MR) is 105 cm³/mol. The molecule has 0 saturated carbocycles. The number of benzene rings is 1. The Morgan fingerprint density at radius 3 is 2.31 bits per heavy atom. The number of methoxy groups -OCH3 is 2. The maximum absolute atomic E-state index is 12.4. The Hall–Kier alpha value is -1.44. The van der Waals surface area contributed by atoms with Gasteiger partial charge in [0, 0.05) is 38.8 Å². The molecule has 1 aromatic rings. The second kappa shape index (κ2) is 8.97. The number of piperazine rings is 1. The van der Waals surface area contributed by atoms with Gasteiger partial charge >= 0.3 is 0 Å². The molecule has 0 spiro atoms. The van der Waals surface area contributed by atoms with Crippen LogP contribution < -0.4 is 9.47 Å². The number of thioether (sulfide) groups is 1. The molecular weight excluding hydrogens is 350 g/mol. The van der Waals surface area contributed by atoms with Crippen LogP contribution in [0.25, 0.3) is 0 Å². The largest absolute Gasteiger partial charge is 0.497 e. The highest BCUT2D eigenvalue weighted by molar-refractivity contribution is 8.00. The zero-order valence-corrected chi connectivity index (χ0v) is 16.8. The summed E-state index contributed by atoms with van der Waals surface area (Å²) in [5, 5.41) is 0.0407. The lowest BCUT2D eigenvalue weighted by Crippen LogP contribution is -2.45. The number of nitrogens with zero attached hydrogens (tertiary/aromatic N) is 3. The van der Waals surface area contributed by atoms with E-state index < -0.39 is 0 Å². The minimum absolute atomic E-state index is 0.0407. The van der Waals surface area contributed by atoms with E-state index in [1.165, 1.54) is 0 Å². The minimum atomic E-state index is 0.0407. The van der Waals surface area contributed by atoms with Crippen molar-refractivity contribution >= 4 is 17.7 Å². The zero-order valence-electron chi connectivity index (χ0n) is 15.9. The van der Waals surface area contributed by atoms with Crippen LogP contribution in [0.5, 0.6) is 11.5 Å².